The van der Waals surface area contributed by atoms with Gasteiger partial charge < -0.3 is 16.5 Å². The van der Waals surface area contributed by atoms with Gasteiger partial charge in [-0.15, -0.1) is 0 Å². The van der Waals surface area contributed by atoms with Crippen LogP contribution in [0.2, 0.25) is 0 Å². The summed E-state index contributed by atoms with van der Waals surface area (Å²) >= 11 is 0. The Bertz CT molecular complexity index is 654. The number of nitrogens with zero attached hydrogens (tertiary/aromatic N) is 3. The molecule has 9 nitrogen and oxygen atoms in total. The highest BCUT2D eigenvalue weighted by molar-refractivity contribution is 6.23. The molecule has 0 radical (unpaired) electrons. The average Bonchev–Trinajstić information content (AvgIpc) is 2.79. The molecular weight excluding hydrogens is 298 g/mol. The Hall–Kier alpha value is -2.65. The summed E-state index contributed by atoms with van der Waals surface area (Å²) in [5.41, 5.74) is 0.212. The van der Waals surface area contributed by atoms with Crippen molar-refractivity contribution in [3.8, 4) is 0 Å². The lowest BCUT2D eigenvalue weighted by Gasteiger charge is -2.31. The second-order valence-electron chi connectivity index (χ2n) is 5.59. The van der Waals surface area contributed by atoms with Crippen molar-refractivity contribution >= 4 is 29.7 Å². The molecule has 2 aliphatic rings. The molecule has 2 heterocycles. The van der Waals surface area contributed by atoms with Gasteiger partial charge in [-0.05, 0) is 44.1 Å². The molecule has 3 rings (SSSR count). The van der Waals surface area contributed by atoms with Crippen molar-refractivity contribution in [1.29, 1.82) is 0 Å². The first kappa shape index (κ1) is 15.3. The van der Waals surface area contributed by atoms with Crippen LogP contribution < -0.4 is 32.2 Å². The summed E-state index contributed by atoms with van der Waals surface area (Å²) in [6.45, 7) is 1.40. The van der Waals surface area contributed by atoms with E-state index in [1.54, 1.807) is 24.3 Å². The summed E-state index contributed by atoms with van der Waals surface area (Å²) in [5, 5.41) is 10.6. The first-order valence-corrected chi connectivity index (χ1v) is 7.32. The highest BCUT2D eigenvalue weighted by atomic mass is 16.2. The number of carbonyl (C=O) groups is 2. The number of piperidine rings is 1. The van der Waals surface area contributed by atoms with Crippen LogP contribution in [-0.4, -0.2) is 36.9 Å². The van der Waals surface area contributed by atoms with E-state index in [9.17, 15) is 9.59 Å². The van der Waals surface area contributed by atoms with Crippen molar-refractivity contribution in [3.63, 3.8) is 0 Å². The zero-order valence-corrected chi connectivity index (χ0v) is 12.5. The molecule has 0 unspecified atom stereocenters. The average molecular weight is 317 g/mol. The van der Waals surface area contributed by atoms with E-state index >= 15 is 0 Å². The molecule has 1 spiro atoms. The number of carbonyl (C=O) groups excluding carboxylic acids is 2. The Labute approximate surface area is 133 Å². The summed E-state index contributed by atoms with van der Waals surface area (Å²) < 4.78 is 0. The number of urea groups is 1. The van der Waals surface area contributed by atoms with Gasteiger partial charge in [0.1, 0.15) is 11.9 Å². The monoisotopic (exact) mass is 317 g/mol. The predicted molar refractivity (Wildman–Crippen MR) is 86.6 cm³/mol. The fourth-order valence-electron chi connectivity index (χ4n) is 2.98. The van der Waals surface area contributed by atoms with Crippen molar-refractivity contribution in [2.24, 2.45) is 16.8 Å². The smallest absolute Gasteiger partial charge is 0.323 e. The molecular formula is C14H19N7O2. The SMILES string of the molecule is N/N=C\N(N)c1cccc(N2C(=O)NC3(CCNCC3)C2=O)c1. The molecule has 9 heteroatoms. The molecule has 2 aliphatic heterocycles. The van der Waals surface area contributed by atoms with Crippen molar-refractivity contribution < 1.29 is 9.59 Å². The van der Waals surface area contributed by atoms with Gasteiger partial charge >= 0.3 is 6.03 Å². The van der Waals surface area contributed by atoms with E-state index < -0.39 is 11.6 Å². The predicted octanol–water partition coefficient (Wildman–Crippen LogP) is -0.553. The Balaban J connectivity index is 1.91. The van der Waals surface area contributed by atoms with Crippen LogP contribution in [0.1, 0.15) is 12.8 Å². The Morgan fingerprint density at radius 1 is 1.30 bits per heavy atom. The number of amides is 3. The molecule has 2 saturated heterocycles. The minimum atomic E-state index is -0.806. The zero-order valence-electron chi connectivity index (χ0n) is 12.5. The fraction of sp³-hybridized carbons (Fsp3) is 0.357. The third-order valence-corrected chi connectivity index (χ3v) is 4.20. The van der Waals surface area contributed by atoms with Crippen LogP contribution in [0, 0.1) is 0 Å². The number of hydrogen-bond acceptors (Lipinski definition) is 6. The summed E-state index contributed by atoms with van der Waals surface area (Å²) in [6.07, 6.45) is 2.40. The molecule has 3 amide bonds. The third-order valence-electron chi connectivity index (χ3n) is 4.20. The van der Waals surface area contributed by atoms with Gasteiger partial charge in [0, 0.05) is 0 Å². The lowest BCUT2D eigenvalue weighted by molar-refractivity contribution is -0.122. The van der Waals surface area contributed by atoms with Gasteiger partial charge in [0.15, 0.2) is 0 Å². The van der Waals surface area contributed by atoms with Gasteiger partial charge in [0.05, 0.1) is 11.4 Å². The number of nitrogens with one attached hydrogen (secondary N) is 2. The fourth-order valence-corrected chi connectivity index (χ4v) is 2.98. The van der Waals surface area contributed by atoms with E-state index in [-0.39, 0.29) is 5.91 Å². The van der Waals surface area contributed by atoms with Gasteiger partial charge in [0.25, 0.3) is 5.91 Å². The molecule has 0 aliphatic carbocycles. The van der Waals surface area contributed by atoms with E-state index in [1.807, 2.05) is 0 Å². The Morgan fingerprint density at radius 3 is 2.74 bits per heavy atom. The van der Waals surface area contributed by atoms with Gasteiger partial charge in [-0.2, -0.15) is 5.10 Å². The quantitative estimate of drug-likeness (QED) is 0.195. The first-order chi connectivity index (χ1) is 11.1. The van der Waals surface area contributed by atoms with Crippen LogP contribution in [0.25, 0.3) is 0 Å². The van der Waals surface area contributed by atoms with E-state index in [0.717, 1.165) is 0 Å². The number of anilines is 2. The maximum absolute atomic E-state index is 12.8. The van der Waals surface area contributed by atoms with Crippen LogP contribution in [0.5, 0.6) is 0 Å². The molecule has 6 N–H and O–H groups in total. The standard InChI is InChI=1S/C14H19N7O2/c15-18-9-20(16)10-2-1-3-11(8-10)21-12(22)14(19-13(21)23)4-6-17-7-5-14/h1-3,8-9,17H,4-7,15-16H2,(H,19,23)/b18-9-. The minimum Gasteiger partial charge on any atom is -0.323 e. The Kier molecular flexibility index (Phi) is 3.89. The molecule has 0 bridgehead atoms. The maximum atomic E-state index is 12.8. The van der Waals surface area contributed by atoms with Crippen molar-refractivity contribution in [3.05, 3.63) is 24.3 Å². The second-order valence-corrected chi connectivity index (χ2v) is 5.59. The summed E-state index contributed by atoms with van der Waals surface area (Å²) in [7, 11) is 0. The van der Waals surface area contributed by atoms with Crippen LogP contribution >= 0.6 is 0 Å². The number of benzene rings is 1. The van der Waals surface area contributed by atoms with Crippen LogP contribution in [0.4, 0.5) is 16.2 Å². The first-order valence-electron chi connectivity index (χ1n) is 7.32. The lowest BCUT2D eigenvalue weighted by Crippen LogP contribution is -2.53. The lowest BCUT2D eigenvalue weighted by atomic mass is 9.88. The van der Waals surface area contributed by atoms with Gasteiger partial charge in [-0.25, -0.2) is 15.5 Å². The van der Waals surface area contributed by atoms with E-state index in [0.29, 0.717) is 37.3 Å². The van der Waals surface area contributed by atoms with Crippen molar-refractivity contribution in [2.75, 3.05) is 23.0 Å². The van der Waals surface area contributed by atoms with Gasteiger partial charge in [-0.1, -0.05) is 6.07 Å². The highest BCUT2D eigenvalue weighted by Gasteiger charge is 2.51. The number of rotatable bonds is 3. The zero-order chi connectivity index (χ0) is 16.4. The molecule has 1 aromatic rings. The number of hydrazone groups is 1. The topological polar surface area (TPSA) is 129 Å². The van der Waals surface area contributed by atoms with E-state index in [1.165, 1.54) is 16.2 Å². The van der Waals surface area contributed by atoms with Crippen LogP contribution in [-0.2, 0) is 4.79 Å². The highest BCUT2D eigenvalue weighted by Crippen LogP contribution is 2.31. The molecule has 23 heavy (non-hydrogen) atoms. The number of nitrogens with two attached hydrogens (primary N) is 2. The molecule has 0 atom stereocenters. The number of hydrazine groups is 1. The van der Waals surface area contributed by atoms with Gasteiger partial charge in [-0.3, -0.25) is 9.80 Å². The Morgan fingerprint density at radius 2 is 2.04 bits per heavy atom. The van der Waals surface area contributed by atoms with E-state index in [4.69, 9.17) is 11.7 Å². The van der Waals surface area contributed by atoms with E-state index in [2.05, 4.69) is 15.7 Å². The number of imide groups is 1. The molecule has 122 valence electrons. The maximum Gasteiger partial charge on any atom is 0.329 e. The molecule has 2 fully saturated rings. The largest absolute Gasteiger partial charge is 0.329 e. The van der Waals surface area contributed by atoms with Crippen LogP contribution in [0.3, 0.4) is 0 Å². The summed E-state index contributed by atoms with van der Waals surface area (Å²) in [6, 6.07) is 6.35. The second kappa shape index (κ2) is 5.86. The summed E-state index contributed by atoms with van der Waals surface area (Å²) in [5.74, 6) is 10.6. The number of hydrogen-bond donors (Lipinski definition) is 4. The van der Waals surface area contributed by atoms with Crippen molar-refractivity contribution in [1.82, 2.24) is 10.6 Å². The minimum absolute atomic E-state index is 0.225. The van der Waals surface area contributed by atoms with Crippen LogP contribution in [0.15, 0.2) is 29.4 Å². The third kappa shape index (κ3) is 2.60. The molecule has 0 aromatic heterocycles. The normalized spacial score (nSPS) is 20.3. The van der Waals surface area contributed by atoms with Gasteiger partial charge in [0.2, 0.25) is 0 Å². The summed E-state index contributed by atoms with van der Waals surface area (Å²) in [4.78, 5) is 26.3. The molecule has 0 saturated carbocycles. The molecule has 1 aromatic carbocycles. The van der Waals surface area contributed by atoms with Crippen molar-refractivity contribution in [2.45, 2.75) is 18.4 Å².